The molecule has 3 atom stereocenters. The molecule has 154 valence electrons. The molecule has 1 fully saturated rings. The minimum Gasteiger partial charge on any atom is -0.497 e. The third-order valence-corrected chi connectivity index (χ3v) is 6.78. The molecule has 2 rings (SSSR count). The minimum absolute atomic E-state index is 0.111. The first-order valence-corrected chi connectivity index (χ1v) is 10.4. The van der Waals surface area contributed by atoms with Gasteiger partial charge in [-0.2, -0.15) is 0 Å². The molecule has 0 aromatic rings. The molecule has 1 aliphatic carbocycles. The number of piperidine rings is 1. The van der Waals surface area contributed by atoms with Crippen LogP contribution in [0.5, 0.6) is 0 Å². The number of rotatable bonds is 5. The van der Waals surface area contributed by atoms with Crippen LogP contribution in [-0.4, -0.2) is 36.1 Å². The van der Waals surface area contributed by atoms with E-state index < -0.39 is 0 Å². The highest BCUT2D eigenvalue weighted by molar-refractivity contribution is 5.96. The van der Waals surface area contributed by atoms with Crippen molar-refractivity contribution in [2.45, 2.75) is 85.2 Å². The van der Waals surface area contributed by atoms with Gasteiger partial charge in [-0.05, 0) is 59.0 Å². The van der Waals surface area contributed by atoms with E-state index in [1.807, 2.05) is 6.08 Å². The number of hydrogen-bond donors (Lipinski definition) is 0. The topological polar surface area (TPSA) is 38.8 Å². The molecule has 0 saturated carbocycles. The molecule has 0 aromatic carbocycles. The Hall–Kier alpha value is -1.45. The van der Waals surface area contributed by atoms with Gasteiger partial charge in [-0.3, -0.25) is 4.79 Å². The van der Waals surface area contributed by atoms with Gasteiger partial charge in [0, 0.05) is 28.5 Å². The number of hydrogen-bond acceptors (Lipinski definition) is 3. The molecule has 4 nitrogen and oxygen atoms in total. The Morgan fingerprint density at radius 3 is 2.19 bits per heavy atom. The van der Waals surface area contributed by atoms with Crippen LogP contribution in [0.15, 0.2) is 23.2 Å². The van der Waals surface area contributed by atoms with Gasteiger partial charge in [0.25, 0.3) is 5.91 Å². The van der Waals surface area contributed by atoms with Crippen molar-refractivity contribution in [3.63, 3.8) is 0 Å². The zero-order valence-corrected chi connectivity index (χ0v) is 18.8. The van der Waals surface area contributed by atoms with Gasteiger partial charge in [-0.25, -0.2) is 0 Å². The van der Waals surface area contributed by atoms with Crippen LogP contribution in [0.3, 0.4) is 0 Å². The smallest absolute Gasteiger partial charge is 0.251 e. The van der Waals surface area contributed by atoms with Crippen LogP contribution in [0, 0.1) is 17.8 Å². The molecule has 27 heavy (non-hydrogen) atoms. The van der Waals surface area contributed by atoms with Crippen molar-refractivity contribution in [1.29, 1.82) is 0 Å². The number of nitrogens with zero attached hydrogens (tertiary/aromatic N) is 1. The minimum atomic E-state index is -0.151. The Balaban J connectivity index is 2.58. The highest BCUT2D eigenvalue weighted by Gasteiger charge is 2.48. The second-order valence-electron chi connectivity index (χ2n) is 9.56. The second kappa shape index (κ2) is 7.89. The van der Waals surface area contributed by atoms with E-state index >= 15 is 0 Å². The number of ether oxygens (including phenoxy) is 2. The highest BCUT2D eigenvalue weighted by atomic mass is 16.5. The maximum absolute atomic E-state index is 14.0. The standard InChI is InChI=1S/C23H39NO3/c1-10-15(2)19-16(3)20(27-9)18(26-8)14-17(19)21(25)24-22(4,5)12-11-13-23(24,6)7/h14-16,19H,10-13H2,1-9H3/t15?,16-,19-/m1/s1. The lowest BCUT2D eigenvalue weighted by atomic mass is 9.71. The van der Waals surface area contributed by atoms with Gasteiger partial charge >= 0.3 is 0 Å². The maximum Gasteiger partial charge on any atom is 0.251 e. The van der Waals surface area contributed by atoms with Crippen LogP contribution in [0.25, 0.3) is 0 Å². The number of carbonyl (C=O) groups excluding carboxylic acids is 1. The van der Waals surface area contributed by atoms with E-state index in [0.29, 0.717) is 11.7 Å². The second-order valence-corrected chi connectivity index (χ2v) is 9.56. The van der Waals surface area contributed by atoms with Crippen molar-refractivity contribution in [1.82, 2.24) is 4.90 Å². The lowest BCUT2D eigenvalue weighted by Gasteiger charge is -2.54. The Bertz CT molecular complexity index is 614. The average Bonchev–Trinajstić information content (AvgIpc) is 2.58. The molecule has 0 spiro atoms. The van der Waals surface area contributed by atoms with E-state index in [4.69, 9.17) is 9.47 Å². The number of amides is 1. The molecule has 1 heterocycles. The molecule has 1 saturated heterocycles. The van der Waals surface area contributed by atoms with Crippen LogP contribution < -0.4 is 0 Å². The van der Waals surface area contributed by atoms with Crippen LogP contribution in [-0.2, 0) is 14.3 Å². The quantitative estimate of drug-likeness (QED) is 0.653. The zero-order valence-electron chi connectivity index (χ0n) is 18.8. The summed E-state index contributed by atoms with van der Waals surface area (Å²) in [5.74, 6) is 2.31. The van der Waals surface area contributed by atoms with Gasteiger partial charge in [0.1, 0.15) is 5.76 Å². The molecule has 2 aliphatic rings. The number of methoxy groups -OCH3 is 2. The van der Waals surface area contributed by atoms with Gasteiger partial charge < -0.3 is 14.4 Å². The summed E-state index contributed by atoms with van der Waals surface area (Å²) in [6.07, 6.45) is 6.19. The third-order valence-electron chi connectivity index (χ3n) is 6.78. The molecule has 0 aromatic heterocycles. The first-order valence-electron chi connectivity index (χ1n) is 10.4. The largest absolute Gasteiger partial charge is 0.497 e. The molecule has 0 N–H and O–H groups in total. The van der Waals surface area contributed by atoms with E-state index in [-0.39, 0.29) is 28.8 Å². The van der Waals surface area contributed by atoms with E-state index in [1.165, 1.54) is 0 Å². The van der Waals surface area contributed by atoms with Gasteiger partial charge in [-0.1, -0.05) is 27.2 Å². The molecule has 1 aliphatic heterocycles. The summed E-state index contributed by atoms with van der Waals surface area (Å²) < 4.78 is 11.3. The van der Waals surface area contributed by atoms with Gasteiger partial charge in [0.15, 0.2) is 5.76 Å². The fourth-order valence-electron chi connectivity index (χ4n) is 5.34. The Kier molecular flexibility index (Phi) is 6.38. The summed E-state index contributed by atoms with van der Waals surface area (Å²) in [7, 11) is 3.34. The Morgan fingerprint density at radius 1 is 1.19 bits per heavy atom. The fourth-order valence-corrected chi connectivity index (χ4v) is 5.34. The lowest BCUT2D eigenvalue weighted by molar-refractivity contribution is -0.145. The van der Waals surface area contributed by atoms with Gasteiger partial charge in [0.2, 0.25) is 0 Å². The van der Waals surface area contributed by atoms with E-state index in [9.17, 15) is 4.79 Å². The van der Waals surface area contributed by atoms with E-state index in [1.54, 1.807) is 14.2 Å². The van der Waals surface area contributed by atoms with Gasteiger partial charge in [-0.15, -0.1) is 0 Å². The van der Waals surface area contributed by atoms with E-state index in [2.05, 4.69) is 53.4 Å². The average molecular weight is 378 g/mol. The monoisotopic (exact) mass is 377 g/mol. The summed E-state index contributed by atoms with van der Waals surface area (Å²) in [6.45, 7) is 15.4. The Labute approximate surface area is 166 Å². The fraction of sp³-hybridized carbons (Fsp3) is 0.783. The van der Waals surface area contributed by atoms with Gasteiger partial charge in [0.05, 0.1) is 14.2 Å². The summed E-state index contributed by atoms with van der Waals surface area (Å²) >= 11 is 0. The normalized spacial score (nSPS) is 28.5. The summed E-state index contributed by atoms with van der Waals surface area (Å²) in [4.78, 5) is 16.1. The molecule has 4 heteroatoms. The Morgan fingerprint density at radius 2 is 1.74 bits per heavy atom. The SMILES string of the molecule is CCC(C)[C@H]1C(C(=O)N2C(C)(C)CCCC2(C)C)=CC(OC)=C(OC)[C@@H]1C. The third kappa shape index (κ3) is 3.90. The van der Waals surface area contributed by atoms with E-state index in [0.717, 1.165) is 37.0 Å². The lowest BCUT2D eigenvalue weighted by Crippen LogP contribution is -2.62. The van der Waals surface area contributed by atoms with Crippen molar-refractivity contribution in [2.24, 2.45) is 17.8 Å². The number of allylic oxidation sites excluding steroid dienone is 2. The van der Waals surface area contributed by atoms with Crippen molar-refractivity contribution >= 4 is 5.91 Å². The summed E-state index contributed by atoms with van der Waals surface area (Å²) in [5, 5.41) is 0. The van der Waals surface area contributed by atoms with Crippen molar-refractivity contribution < 1.29 is 14.3 Å². The van der Waals surface area contributed by atoms with Crippen LogP contribution in [0.2, 0.25) is 0 Å². The number of carbonyl (C=O) groups is 1. The van der Waals surface area contributed by atoms with Crippen molar-refractivity contribution in [3.05, 3.63) is 23.2 Å². The predicted octanol–water partition coefficient (Wildman–Crippen LogP) is 5.30. The first kappa shape index (κ1) is 21.8. The maximum atomic E-state index is 14.0. The van der Waals surface area contributed by atoms with Crippen LogP contribution in [0.1, 0.15) is 74.1 Å². The first-order chi connectivity index (χ1) is 12.5. The zero-order chi connectivity index (χ0) is 20.6. The summed E-state index contributed by atoms with van der Waals surface area (Å²) in [5.41, 5.74) is 0.570. The molecule has 1 amide bonds. The van der Waals surface area contributed by atoms with Crippen molar-refractivity contribution in [2.75, 3.05) is 14.2 Å². The highest BCUT2D eigenvalue weighted by Crippen LogP contribution is 2.45. The predicted molar refractivity (Wildman–Crippen MR) is 110 cm³/mol. The molecule has 0 radical (unpaired) electrons. The molecule has 1 unspecified atom stereocenters. The number of likely N-dealkylation sites (tertiary alicyclic amines) is 1. The molecular weight excluding hydrogens is 338 g/mol. The summed E-state index contributed by atoms with van der Waals surface area (Å²) in [6, 6.07) is 0. The molecular formula is C23H39NO3. The van der Waals surface area contributed by atoms with Crippen LogP contribution >= 0.6 is 0 Å². The molecule has 0 bridgehead atoms. The van der Waals surface area contributed by atoms with Crippen molar-refractivity contribution in [3.8, 4) is 0 Å². The van der Waals surface area contributed by atoms with Crippen LogP contribution in [0.4, 0.5) is 0 Å².